The van der Waals surface area contributed by atoms with E-state index in [0.29, 0.717) is 4.47 Å². The standard InChI is InChI=1S/C11H13BrClNO2/c1-6(2)7(3)16-11(15)9-4-8(12)5-14-10(9)13/h4-7H,1-3H3. The summed E-state index contributed by atoms with van der Waals surface area (Å²) in [6.07, 6.45) is 1.38. The van der Waals surface area contributed by atoms with E-state index in [1.165, 1.54) is 6.20 Å². The summed E-state index contributed by atoms with van der Waals surface area (Å²) in [6, 6.07) is 1.60. The third kappa shape index (κ3) is 3.46. The molecule has 0 radical (unpaired) electrons. The van der Waals surface area contributed by atoms with Crippen LogP contribution in [0.2, 0.25) is 5.15 Å². The van der Waals surface area contributed by atoms with Gasteiger partial charge in [-0.05, 0) is 34.8 Å². The minimum Gasteiger partial charge on any atom is -0.459 e. The molecule has 1 unspecified atom stereocenters. The number of hydrogen-bond acceptors (Lipinski definition) is 3. The maximum atomic E-state index is 11.8. The average Bonchev–Trinajstić information content (AvgIpc) is 2.21. The van der Waals surface area contributed by atoms with Gasteiger partial charge in [-0.3, -0.25) is 0 Å². The van der Waals surface area contributed by atoms with Crippen LogP contribution < -0.4 is 0 Å². The van der Waals surface area contributed by atoms with E-state index in [2.05, 4.69) is 20.9 Å². The predicted octanol–water partition coefficient (Wildman–Crippen LogP) is 3.70. The SMILES string of the molecule is CC(C)C(C)OC(=O)c1cc(Br)cnc1Cl. The van der Waals surface area contributed by atoms with Crippen LogP contribution in [0.4, 0.5) is 0 Å². The molecule has 0 saturated carbocycles. The highest BCUT2D eigenvalue weighted by molar-refractivity contribution is 9.10. The summed E-state index contributed by atoms with van der Waals surface area (Å²) in [7, 11) is 0. The number of carbonyl (C=O) groups excluding carboxylic acids is 1. The zero-order valence-electron chi connectivity index (χ0n) is 9.33. The van der Waals surface area contributed by atoms with E-state index in [1.54, 1.807) is 6.07 Å². The average molecular weight is 307 g/mol. The lowest BCUT2D eigenvalue weighted by Crippen LogP contribution is -2.20. The number of pyridine rings is 1. The Hall–Kier alpha value is -0.610. The molecular formula is C11H13BrClNO2. The largest absolute Gasteiger partial charge is 0.459 e. The molecular weight excluding hydrogens is 293 g/mol. The van der Waals surface area contributed by atoms with E-state index in [0.717, 1.165) is 0 Å². The van der Waals surface area contributed by atoms with E-state index < -0.39 is 5.97 Å². The summed E-state index contributed by atoms with van der Waals surface area (Å²) in [6.45, 7) is 5.82. The van der Waals surface area contributed by atoms with Gasteiger partial charge in [-0.25, -0.2) is 9.78 Å². The summed E-state index contributed by atoms with van der Waals surface area (Å²) < 4.78 is 5.94. The molecule has 1 aromatic heterocycles. The molecule has 3 nitrogen and oxygen atoms in total. The molecule has 0 bridgehead atoms. The monoisotopic (exact) mass is 305 g/mol. The van der Waals surface area contributed by atoms with Crippen LogP contribution in [0.3, 0.4) is 0 Å². The fraction of sp³-hybridized carbons (Fsp3) is 0.455. The normalized spacial score (nSPS) is 12.6. The molecule has 0 aliphatic heterocycles. The molecule has 1 aromatic rings. The number of rotatable bonds is 3. The zero-order chi connectivity index (χ0) is 12.3. The Labute approximate surface area is 108 Å². The first-order chi connectivity index (χ1) is 7.41. The van der Waals surface area contributed by atoms with Crippen molar-refractivity contribution >= 4 is 33.5 Å². The van der Waals surface area contributed by atoms with Gasteiger partial charge in [-0.2, -0.15) is 0 Å². The van der Waals surface area contributed by atoms with Crippen molar-refractivity contribution in [3.8, 4) is 0 Å². The summed E-state index contributed by atoms with van der Waals surface area (Å²) in [5, 5.41) is 0.157. The van der Waals surface area contributed by atoms with Crippen LogP contribution in [-0.2, 0) is 4.74 Å². The third-order valence-corrected chi connectivity index (χ3v) is 2.99. The fourth-order valence-electron chi connectivity index (χ4n) is 0.934. The van der Waals surface area contributed by atoms with E-state index >= 15 is 0 Å². The number of carbonyl (C=O) groups is 1. The Bertz CT molecular complexity index is 396. The van der Waals surface area contributed by atoms with Crippen LogP contribution in [0.25, 0.3) is 0 Å². The molecule has 0 amide bonds. The lowest BCUT2D eigenvalue weighted by molar-refractivity contribution is 0.0237. The van der Waals surface area contributed by atoms with Gasteiger partial charge in [0, 0.05) is 10.7 Å². The number of hydrogen-bond donors (Lipinski definition) is 0. The second-order valence-corrected chi connectivity index (χ2v) is 5.12. The molecule has 1 atom stereocenters. The Morgan fingerprint density at radius 3 is 2.69 bits per heavy atom. The molecule has 1 heterocycles. The van der Waals surface area contributed by atoms with Crippen molar-refractivity contribution in [2.45, 2.75) is 26.9 Å². The van der Waals surface area contributed by atoms with Gasteiger partial charge in [-0.1, -0.05) is 25.4 Å². The molecule has 0 fully saturated rings. The molecule has 0 N–H and O–H groups in total. The molecule has 1 rings (SSSR count). The van der Waals surface area contributed by atoms with E-state index in [1.807, 2.05) is 20.8 Å². The Morgan fingerprint density at radius 1 is 1.50 bits per heavy atom. The number of esters is 1. The lowest BCUT2D eigenvalue weighted by Gasteiger charge is -2.16. The van der Waals surface area contributed by atoms with Crippen molar-refractivity contribution in [1.29, 1.82) is 0 Å². The minimum atomic E-state index is -0.444. The number of nitrogens with zero attached hydrogens (tertiary/aromatic N) is 1. The van der Waals surface area contributed by atoms with Crippen LogP contribution in [-0.4, -0.2) is 17.1 Å². The molecule has 16 heavy (non-hydrogen) atoms. The predicted molar refractivity (Wildman–Crippen MR) is 66.7 cm³/mol. The Balaban J connectivity index is 2.84. The second-order valence-electron chi connectivity index (χ2n) is 3.85. The summed E-state index contributed by atoms with van der Waals surface area (Å²) >= 11 is 9.05. The first kappa shape index (κ1) is 13.5. The summed E-state index contributed by atoms with van der Waals surface area (Å²) in [4.78, 5) is 15.6. The quantitative estimate of drug-likeness (QED) is 0.631. The van der Waals surface area contributed by atoms with Crippen molar-refractivity contribution in [2.24, 2.45) is 5.92 Å². The van der Waals surface area contributed by atoms with Gasteiger partial charge in [0.1, 0.15) is 11.3 Å². The van der Waals surface area contributed by atoms with Crippen LogP contribution in [0.1, 0.15) is 31.1 Å². The molecule has 0 aliphatic carbocycles. The van der Waals surface area contributed by atoms with Crippen LogP contribution in [0, 0.1) is 5.92 Å². The molecule has 5 heteroatoms. The van der Waals surface area contributed by atoms with Gasteiger partial charge >= 0.3 is 5.97 Å². The summed E-state index contributed by atoms with van der Waals surface area (Å²) in [5.74, 6) is -0.178. The van der Waals surface area contributed by atoms with Crippen molar-refractivity contribution in [3.63, 3.8) is 0 Å². The molecule has 0 spiro atoms. The molecule has 0 aromatic carbocycles. The van der Waals surface area contributed by atoms with Crippen LogP contribution in [0.15, 0.2) is 16.7 Å². The number of ether oxygens (including phenoxy) is 1. The Morgan fingerprint density at radius 2 is 2.12 bits per heavy atom. The van der Waals surface area contributed by atoms with E-state index in [-0.39, 0.29) is 22.7 Å². The van der Waals surface area contributed by atoms with Crippen molar-refractivity contribution in [2.75, 3.05) is 0 Å². The Kier molecular flexibility index (Phi) is 4.74. The molecule has 88 valence electrons. The topological polar surface area (TPSA) is 39.2 Å². The maximum absolute atomic E-state index is 11.8. The van der Waals surface area contributed by atoms with Crippen molar-refractivity contribution in [3.05, 3.63) is 27.5 Å². The zero-order valence-corrected chi connectivity index (χ0v) is 11.7. The van der Waals surface area contributed by atoms with Gasteiger partial charge < -0.3 is 4.74 Å². The van der Waals surface area contributed by atoms with Crippen LogP contribution >= 0.6 is 27.5 Å². The highest BCUT2D eigenvalue weighted by Gasteiger charge is 2.18. The first-order valence-corrected chi connectivity index (χ1v) is 6.11. The third-order valence-electron chi connectivity index (χ3n) is 2.26. The lowest BCUT2D eigenvalue weighted by atomic mass is 10.1. The fourth-order valence-corrected chi connectivity index (χ4v) is 1.45. The van der Waals surface area contributed by atoms with Gasteiger partial charge in [0.15, 0.2) is 0 Å². The smallest absolute Gasteiger partial charge is 0.341 e. The van der Waals surface area contributed by atoms with Crippen molar-refractivity contribution < 1.29 is 9.53 Å². The van der Waals surface area contributed by atoms with Gasteiger partial charge in [0.2, 0.25) is 0 Å². The summed E-state index contributed by atoms with van der Waals surface area (Å²) in [5.41, 5.74) is 0.281. The highest BCUT2D eigenvalue weighted by Crippen LogP contribution is 2.20. The highest BCUT2D eigenvalue weighted by atomic mass is 79.9. The number of halogens is 2. The van der Waals surface area contributed by atoms with E-state index in [9.17, 15) is 4.79 Å². The number of aromatic nitrogens is 1. The van der Waals surface area contributed by atoms with Gasteiger partial charge in [-0.15, -0.1) is 0 Å². The van der Waals surface area contributed by atoms with Crippen LogP contribution in [0.5, 0.6) is 0 Å². The maximum Gasteiger partial charge on any atom is 0.341 e. The molecule has 0 aliphatic rings. The van der Waals surface area contributed by atoms with Gasteiger partial charge in [0.05, 0.1) is 5.56 Å². The first-order valence-electron chi connectivity index (χ1n) is 4.94. The van der Waals surface area contributed by atoms with Gasteiger partial charge in [0.25, 0.3) is 0 Å². The minimum absolute atomic E-state index is 0.150. The van der Waals surface area contributed by atoms with Crippen molar-refractivity contribution in [1.82, 2.24) is 4.98 Å². The molecule has 0 saturated heterocycles. The second kappa shape index (κ2) is 5.64. The van der Waals surface area contributed by atoms with E-state index in [4.69, 9.17) is 16.3 Å².